The second-order valence-electron chi connectivity index (χ2n) is 7.33. The van der Waals surface area contributed by atoms with Crippen LogP contribution >= 0.6 is 0 Å². The topological polar surface area (TPSA) is 67.8 Å². The van der Waals surface area contributed by atoms with E-state index in [2.05, 4.69) is 23.5 Å². The molecule has 28 heavy (non-hydrogen) atoms. The molecule has 1 aliphatic carbocycles. The van der Waals surface area contributed by atoms with Gasteiger partial charge in [0.2, 0.25) is 0 Å². The van der Waals surface area contributed by atoms with Crippen LogP contribution in [0.1, 0.15) is 52.4 Å². The van der Waals surface area contributed by atoms with Crippen molar-refractivity contribution in [1.29, 1.82) is 0 Å². The molecule has 0 aromatic heterocycles. The highest BCUT2D eigenvalue weighted by Crippen LogP contribution is 2.51. The number of methoxy groups -OCH3 is 1. The van der Waals surface area contributed by atoms with E-state index in [4.69, 9.17) is 9.47 Å². The number of rotatable bonds is 5. The molecule has 0 bridgehead atoms. The molecule has 0 amide bonds. The van der Waals surface area contributed by atoms with E-state index in [1.165, 1.54) is 5.56 Å². The Bertz CT molecular complexity index is 950. The Kier molecular flexibility index (Phi) is 4.75. The summed E-state index contributed by atoms with van der Waals surface area (Å²) in [5.41, 5.74) is 4.36. The molecule has 5 heteroatoms. The molecule has 0 saturated heterocycles. The van der Waals surface area contributed by atoms with Gasteiger partial charge in [-0.05, 0) is 61.1 Å². The number of hydrogen-bond acceptors (Lipinski definition) is 4. The third kappa shape index (κ3) is 2.91. The zero-order valence-corrected chi connectivity index (χ0v) is 16.4. The molecule has 0 radical (unpaired) electrons. The van der Waals surface area contributed by atoms with E-state index in [9.17, 15) is 9.90 Å². The van der Waals surface area contributed by atoms with Crippen LogP contribution in [0.15, 0.2) is 42.5 Å². The molecule has 2 N–H and O–H groups in total. The minimum atomic E-state index is -0.897. The Morgan fingerprint density at radius 3 is 2.79 bits per heavy atom. The number of carbonyl (C=O) groups is 1. The summed E-state index contributed by atoms with van der Waals surface area (Å²) in [4.78, 5) is 11.6. The lowest BCUT2D eigenvalue weighted by Gasteiger charge is -2.38. The van der Waals surface area contributed by atoms with Gasteiger partial charge in [0.25, 0.3) is 0 Å². The molecule has 4 rings (SSSR count). The van der Waals surface area contributed by atoms with Crippen molar-refractivity contribution in [3.8, 4) is 11.5 Å². The standard InChI is InChI=1S/C23H25NO4/c1-4-28-20-12-14(8-11-19(20)27-3)22-17-7-5-6-16(17)18-10-9-15(23(25)26)13(2)21(18)24-22/h5-6,8-12,16-17,22,24H,4,7H2,1-3H3,(H,25,26)/t16-,17+,22+/m1/s1. The van der Waals surface area contributed by atoms with Crippen molar-refractivity contribution >= 4 is 11.7 Å². The number of ether oxygens (including phenoxy) is 2. The van der Waals surface area contributed by atoms with Crippen LogP contribution in [0.5, 0.6) is 11.5 Å². The van der Waals surface area contributed by atoms with Gasteiger partial charge < -0.3 is 19.9 Å². The minimum Gasteiger partial charge on any atom is -0.493 e. The van der Waals surface area contributed by atoms with Crippen LogP contribution in [0.4, 0.5) is 5.69 Å². The quantitative estimate of drug-likeness (QED) is 0.721. The summed E-state index contributed by atoms with van der Waals surface area (Å²) in [5, 5.41) is 13.2. The normalized spacial score (nSPS) is 22.2. The molecule has 2 aliphatic rings. The van der Waals surface area contributed by atoms with Gasteiger partial charge in [-0.3, -0.25) is 0 Å². The highest BCUT2D eigenvalue weighted by Gasteiger charge is 2.39. The summed E-state index contributed by atoms with van der Waals surface area (Å²) in [6, 6.07) is 9.80. The maximum atomic E-state index is 11.6. The molecule has 2 aromatic rings. The predicted octanol–water partition coefficient (Wildman–Crippen LogP) is 4.93. The van der Waals surface area contributed by atoms with Crippen molar-refractivity contribution in [3.63, 3.8) is 0 Å². The van der Waals surface area contributed by atoms with Crippen molar-refractivity contribution in [3.05, 3.63) is 64.7 Å². The van der Waals surface area contributed by atoms with Gasteiger partial charge in [0, 0.05) is 11.6 Å². The van der Waals surface area contributed by atoms with Gasteiger partial charge in [-0.15, -0.1) is 0 Å². The number of benzene rings is 2. The molecule has 146 valence electrons. The van der Waals surface area contributed by atoms with E-state index < -0.39 is 5.97 Å². The SMILES string of the molecule is CCOc1cc([C@@H]2Nc3c(ccc(C(=O)O)c3C)[C@@H]3C=CC[C@@H]32)ccc1OC. The number of hydrogen-bond donors (Lipinski definition) is 2. The van der Waals surface area contributed by atoms with E-state index in [1.807, 2.05) is 32.0 Å². The molecule has 0 spiro atoms. The average Bonchev–Trinajstić information content (AvgIpc) is 3.18. The third-order valence-electron chi connectivity index (χ3n) is 5.87. The van der Waals surface area contributed by atoms with Crippen LogP contribution in [0.25, 0.3) is 0 Å². The van der Waals surface area contributed by atoms with E-state index in [1.54, 1.807) is 13.2 Å². The number of nitrogens with one attached hydrogen (secondary N) is 1. The van der Waals surface area contributed by atoms with E-state index in [0.29, 0.717) is 23.8 Å². The largest absolute Gasteiger partial charge is 0.493 e. The summed E-state index contributed by atoms with van der Waals surface area (Å²) in [6.45, 7) is 4.40. The van der Waals surface area contributed by atoms with Crippen LogP contribution in [-0.2, 0) is 0 Å². The zero-order valence-electron chi connectivity index (χ0n) is 16.4. The second-order valence-corrected chi connectivity index (χ2v) is 7.33. The number of carboxylic acids is 1. The maximum absolute atomic E-state index is 11.6. The number of anilines is 1. The Hall–Kier alpha value is -2.95. The summed E-state index contributed by atoms with van der Waals surface area (Å²) in [7, 11) is 1.64. The van der Waals surface area contributed by atoms with Crippen molar-refractivity contribution in [1.82, 2.24) is 0 Å². The Balaban J connectivity index is 1.79. The van der Waals surface area contributed by atoms with E-state index in [0.717, 1.165) is 29.0 Å². The fourth-order valence-corrected chi connectivity index (χ4v) is 4.53. The molecule has 5 nitrogen and oxygen atoms in total. The first-order chi connectivity index (χ1) is 13.5. The fourth-order valence-electron chi connectivity index (χ4n) is 4.53. The maximum Gasteiger partial charge on any atom is 0.336 e. The predicted molar refractivity (Wildman–Crippen MR) is 109 cm³/mol. The molecular weight excluding hydrogens is 354 g/mol. The smallest absolute Gasteiger partial charge is 0.336 e. The van der Waals surface area contributed by atoms with Crippen molar-refractivity contribution in [2.45, 2.75) is 32.2 Å². The van der Waals surface area contributed by atoms with Crippen molar-refractivity contribution in [2.75, 3.05) is 19.0 Å². The first-order valence-electron chi connectivity index (χ1n) is 9.65. The van der Waals surface area contributed by atoms with Crippen LogP contribution in [0.2, 0.25) is 0 Å². The molecule has 0 saturated carbocycles. The molecular formula is C23H25NO4. The van der Waals surface area contributed by atoms with Crippen LogP contribution in [-0.4, -0.2) is 24.8 Å². The van der Waals surface area contributed by atoms with Crippen LogP contribution in [0, 0.1) is 12.8 Å². The molecule has 2 aromatic carbocycles. The summed E-state index contributed by atoms with van der Waals surface area (Å²) in [5.74, 6) is 1.21. The van der Waals surface area contributed by atoms with Gasteiger partial charge >= 0.3 is 5.97 Å². The van der Waals surface area contributed by atoms with Gasteiger partial charge in [0.1, 0.15) is 0 Å². The first-order valence-corrected chi connectivity index (χ1v) is 9.65. The molecule has 3 atom stereocenters. The zero-order chi connectivity index (χ0) is 19.8. The van der Waals surface area contributed by atoms with Gasteiger partial charge in [0.15, 0.2) is 11.5 Å². The highest BCUT2D eigenvalue weighted by molar-refractivity contribution is 5.92. The lowest BCUT2D eigenvalue weighted by atomic mass is 9.76. The van der Waals surface area contributed by atoms with Gasteiger partial charge in [-0.1, -0.05) is 24.3 Å². The first kappa shape index (κ1) is 18.4. The van der Waals surface area contributed by atoms with Crippen molar-refractivity contribution < 1.29 is 19.4 Å². The fraction of sp³-hybridized carbons (Fsp3) is 0.348. The van der Waals surface area contributed by atoms with Gasteiger partial charge in [-0.2, -0.15) is 0 Å². The van der Waals surface area contributed by atoms with E-state index in [-0.39, 0.29) is 12.0 Å². The number of carboxylic acid groups (broad SMARTS) is 1. The molecule has 1 aliphatic heterocycles. The Morgan fingerprint density at radius 2 is 2.07 bits per heavy atom. The van der Waals surface area contributed by atoms with Gasteiger partial charge in [-0.25, -0.2) is 4.79 Å². The Morgan fingerprint density at radius 1 is 1.25 bits per heavy atom. The minimum absolute atomic E-state index is 0.0698. The number of fused-ring (bicyclic) bond motifs is 3. The van der Waals surface area contributed by atoms with E-state index >= 15 is 0 Å². The second kappa shape index (κ2) is 7.23. The van der Waals surface area contributed by atoms with Gasteiger partial charge in [0.05, 0.1) is 25.3 Å². The number of allylic oxidation sites excluding steroid dienone is 2. The Labute approximate surface area is 165 Å². The molecule has 1 heterocycles. The lowest BCUT2D eigenvalue weighted by molar-refractivity contribution is 0.0696. The summed E-state index contributed by atoms with van der Waals surface area (Å²) in [6.07, 6.45) is 5.47. The molecule has 0 fully saturated rings. The highest BCUT2D eigenvalue weighted by atomic mass is 16.5. The van der Waals surface area contributed by atoms with Crippen LogP contribution in [0.3, 0.4) is 0 Å². The monoisotopic (exact) mass is 379 g/mol. The van der Waals surface area contributed by atoms with Crippen LogP contribution < -0.4 is 14.8 Å². The third-order valence-corrected chi connectivity index (χ3v) is 5.87. The number of aromatic carboxylic acids is 1. The van der Waals surface area contributed by atoms with Crippen molar-refractivity contribution in [2.24, 2.45) is 5.92 Å². The average molecular weight is 379 g/mol. The lowest BCUT2D eigenvalue weighted by Crippen LogP contribution is -2.30. The summed E-state index contributed by atoms with van der Waals surface area (Å²) >= 11 is 0. The molecule has 0 unspecified atom stereocenters. The summed E-state index contributed by atoms with van der Waals surface area (Å²) < 4.78 is 11.2.